The molecule has 1 atom stereocenters. The van der Waals surface area contributed by atoms with Crippen molar-refractivity contribution < 1.29 is 27.8 Å². The molecule has 6 nitrogen and oxygen atoms in total. The fraction of sp³-hybridized carbons (Fsp3) is 0.350. The van der Waals surface area contributed by atoms with Gasteiger partial charge in [-0.05, 0) is 43.8 Å². The van der Waals surface area contributed by atoms with E-state index in [9.17, 15) is 13.6 Å². The van der Waals surface area contributed by atoms with Crippen LogP contribution in [0.4, 0.5) is 14.5 Å². The lowest BCUT2D eigenvalue weighted by Crippen LogP contribution is -2.39. The normalized spacial score (nSPS) is 12.0. The lowest BCUT2D eigenvalue weighted by Gasteiger charge is -2.24. The van der Waals surface area contributed by atoms with Gasteiger partial charge in [0.2, 0.25) is 5.91 Å². The molecule has 2 aromatic rings. The summed E-state index contributed by atoms with van der Waals surface area (Å²) in [6.07, 6.45) is 0. The number of methoxy groups -OCH3 is 2. The van der Waals surface area contributed by atoms with Crippen LogP contribution in [0.2, 0.25) is 0 Å². The average Bonchev–Trinajstić information content (AvgIpc) is 2.68. The highest BCUT2D eigenvalue weighted by molar-refractivity contribution is 5.95. The Morgan fingerprint density at radius 2 is 1.75 bits per heavy atom. The van der Waals surface area contributed by atoms with Gasteiger partial charge < -0.3 is 19.5 Å². The number of hydrogen-bond acceptors (Lipinski definition) is 5. The summed E-state index contributed by atoms with van der Waals surface area (Å²) in [5.41, 5.74) is 1.38. The van der Waals surface area contributed by atoms with Crippen molar-refractivity contribution in [3.05, 3.63) is 48.0 Å². The van der Waals surface area contributed by atoms with E-state index in [1.54, 1.807) is 38.2 Å². The van der Waals surface area contributed by atoms with Crippen LogP contribution in [0.25, 0.3) is 0 Å². The Hall–Kier alpha value is -2.87. The molecule has 0 radical (unpaired) electrons. The van der Waals surface area contributed by atoms with Crippen molar-refractivity contribution in [2.24, 2.45) is 0 Å². The third kappa shape index (κ3) is 5.56. The van der Waals surface area contributed by atoms with Crippen LogP contribution in [-0.2, 0) is 11.3 Å². The minimum atomic E-state index is -2.93. The number of nitrogens with zero attached hydrogens (tertiary/aromatic N) is 1. The number of carbonyl (C=O) groups is 1. The van der Waals surface area contributed by atoms with Crippen molar-refractivity contribution in [1.82, 2.24) is 4.90 Å². The summed E-state index contributed by atoms with van der Waals surface area (Å²) in [4.78, 5) is 14.4. The average molecular weight is 394 g/mol. The lowest BCUT2D eigenvalue weighted by atomic mass is 10.1. The standard InChI is InChI=1S/C20H24F2N2O4/c1-13(19(25)23-15-7-5-6-8-16(15)26-3)24(2)12-14-9-10-17(28-20(21)22)18(11-14)27-4/h5-11,13,20H,12H2,1-4H3,(H,23,25)/t13-/m0/s1. The van der Waals surface area contributed by atoms with E-state index in [0.717, 1.165) is 5.56 Å². The molecule has 0 spiro atoms. The molecule has 2 aromatic carbocycles. The van der Waals surface area contributed by atoms with Crippen LogP contribution in [0.3, 0.4) is 0 Å². The molecular formula is C20H24F2N2O4. The maximum absolute atomic E-state index is 12.6. The van der Waals surface area contributed by atoms with Crippen molar-refractivity contribution in [1.29, 1.82) is 0 Å². The first kappa shape index (κ1) is 21.4. The number of rotatable bonds is 9. The van der Waals surface area contributed by atoms with Crippen molar-refractivity contribution >= 4 is 11.6 Å². The Morgan fingerprint density at radius 3 is 2.39 bits per heavy atom. The van der Waals surface area contributed by atoms with E-state index in [4.69, 9.17) is 9.47 Å². The van der Waals surface area contributed by atoms with Gasteiger partial charge in [0.15, 0.2) is 11.5 Å². The van der Waals surface area contributed by atoms with Gasteiger partial charge in [-0.1, -0.05) is 18.2 Å². The number of para-hydroxylation sites is 2. The largest absolute Gasteiger partial charge is 0.495 e. The van der Waals surface area contributed by atoms with E-state index < -0.39 is 12.7 Å². The Kier molecular flexibility index (Phi) is 7.57. The molecule has 0 saturated carbocycles. The Bertz CT molecular complexity index is 802. The second kappa shape index (κ2) is 9.89. The number of amides is 1. The number of benzene rings is 2. The zero-order valence-electron chi connectivity index (χ0n) is 16.2. The number of alkyl halides is 2. The molecule has 0 fully saturated rings. The highest BCUT2D eigenvalue weighted by Gasteiger charge is 2.20. The van der Waals surface area contributed by atoms with Crippen LogP contribution in [0, 0.1) is 0 Å². The van der Waals surface area contributed by atoms with E-state index >= 15 is 0 Å². The predicted octanol–water partition coefficient (Wildman–Crippen LogP) is 3.76. The fourth-order valence-electron chi connectivity index (χ4n) is 2.61. The highest BCUT2D eigenvalue weighted by atomic mass is 19.3. The van der Waals surface area contributed by atoms with Crippen LogP contribution < -0.4 is 19.5 Å². The molecular weight excluding hydrogens is 370 g/mol. The first-order valence-electron chi connectivity index (χ1n) is 8.61. The van der Waals surface area contributed by atoms with Gasteiger partial charge in [-0.3, -0.25) is 9.69 Å². The molecule has 0 heterocycles. The third-order valence-corrected chi connectivity index (χ3v) is 4.28. The molecule has 0 saturated heterocycles. The summed E-state index contributed by atoms with van der Waals surface area (Å²) in [5.74, 6) is 0.546. The summed E-state index contributed by atoms with van der Waals surface area (Å²) in [6.45, 7) is -0.747. The quantitative estimate of drug-likeness (QED) is 0.702. The molecule has 1 amide bonds. The zero-order valence-corrected chi connectivity index (χ0v) is 16.2. The maximum atomic E-state index is 12.6. The summed E-state index contributed by atoms with van der Waals surface area (Å²) >= 11 is 0. The smallest absolute Gasteiger partial charge is 0.387 e. The monoisotopic (exact) mass is 394 g/mol. The van der Waals surface area contributed by atoms with Crippen LogP contribution in [0.1, 0.15) is 12.5 Å². The van der Waals surface area contributed by atoms with Gasteiger partial charge in [0.1, 0.15) is 5.75 Å². The zero-order chi connectivity index (χ0) is 20.7. The molecule has 152 valence electrons. The number of anilines is 1. The predicted molar refractivity (Wildman–Crippen MR) is 102 cm³/mol. The Labute approximate surface area is 163 Å². The van der Waals surface area contributed by atoms with Gasteiger partial charge in [-0.15, -0.1) is 0 Å². The Morgan fingerprint density at radius 1 is 1.07 bits per heavy atom. The number of halogens is 2. The molecule has 0 unspecified atom stereocenters. The molecule has 0 aliphatic carbocycles. The molecule has 0 aliphatic heterocycles. The van der Waals surface area contributed by atoms with E-state index in [-0.39, 0.29) is 17.4 Å². The summed E-state index contributed by atoms with van der Waals surface area (Å²) in [7, 11) is 4.71. The molecule has 0 bridgehead atoms. The van der Waals surface area contributed by atoms with Gasteiger partial charge in [0.05, 0.1) is 25.9 Å². The first-order chi connectivity index (χ1) is 13.3. The van der Waals surface area contributed by atoms with E-state index in [2.05, 4.69) is 10.1 Å². The van der Waals surface area contributed by atoms with Crippen LogP contribution >= 0.6 is 0 Å². The number of carbonyl (C=O) groups excluding carboxylic acids is 1. The maximum Gasteiger partial charge on any atom is 0.387 e. The number of likely N-dealkylation sites (N-methyl/N-ethyl adjacent to an activating group) is 1. The summed E-state index contributed by atoms with van der Waals surface area (Å²) < 4.78 is 39.6. The van der Waals surface area contributed by atoms with Crippen molar-refractivity contribution in [2.75, 3.05) is 26.6 Å². The van der Waals surface area contributed by atoms with Crippen LogP contribution in [-0.4, -0.2) is 44.7 Å². The molecule has 0 aromatic heterocycles. The van der Waals surface area contributed by atoms with Crippen LogP contribution in [0.5, 0.6) is 17.2 Å². The van der Waals surface area contributed by atoms with Gasteiger partial charge in [0.25, 0.3) is 0 Å². The molecule has 1 N–H and O–H groups in total. The van der Waals surface area contributed by atoms with E-state index in [1.807, 2.05) is 17.0 Å². The number of hydrogen-bond donors (Lipinski definition) is 1. The topological polar surface area (TPSA) is 60.0 Å². The van der Waals surface area contributed by atoms with Crippen LogP contribution in [0.15, 0.2) is 42.5 Å². The molecule has 8 heteroatoms. The molecule has 2 rings (SSSR count). The van der Waals surface area contributed by atoms with Crippen molar-refractivity contribution in [3.8, 4) is 17.2 Å². The van der Waals surface area contributed by atoms with E-state index in [1.165, 1.54) is 20.3 Å². The first-order valence-corrected chi connectivity index (χ1v) is 8.61. The minimum Gasteiger partial charge on any atom is -0.495 e. The minimum absolute atomic E-state index is 0.0362. The second-order valence-corrected chi connectivity index (χ2v) is 6.14. The third-order valence-electron chi connectivity index (χ3n) is 4.28. The van der Waals surface area contributed by atoms with Gasteiger partial charge in [0, 0.05) is 6.54 Å². The number of nitrogens with one attached hydrogen (secondary N) is 1. The van der Waals surface area contributed by atoms with Crippen molar-refractivity contribution in [2.45, 2.75) is 26.1 Å². The van der Waals surface area contributed by atoms with Crippen molar-refractivity contribution in [3.63, 3.8) is 0 Å². The number of ether oxygens (including phenoxy) is 3. The Balaban J connectivity index is 2.05. The molecule has 28 heavy (non-hydrogen) atoms. The highest BCUT2D eigenvalue weighted by Crippen LogP contribution is 2.30. The summed E-state index contributed by atoms with van der Waals surface area (Å²) in [5, 5.41) is 2.85. The SMILES string of the molecule is COc1ccccc1NC(=O)[C@H](C)N(C)Cc1ccc(OC(F)F)c(OC)c1. The summed E-state index contributed by atoms with van der Waals surface area (Å²) in [6, 6.07) is 11.4. The van der Waals surface area contributed by atoms with Gasteiger partial charge in [-0.2, -0.15) is 8.78 Å². The second-order valence-electron chi connectivity index (χ2n) is 6.14. The molecule has 0 aliphatic rings. The van der Waals surface area contributed by atoms with E-state index in [0.29, 0.717) is 18.0 Å². The van der Waals surface area contributed by atoms with Gasteiger partial charge in [-0.25, -0.2) is 0 Å². The lowest BCUT2D eigenvalue weighted by molar-refractivity contribution is -0.120. The van der Waals surface area contributed by atoms with Gasteiger partial charge >= 0.3 is 6.61 Å². The fourth-order valence-corrected chi connectivity index (χ4v) is 2.61.